The zero-order valence-corrected chi connectivity index (χ0v) is 11.7. The molecule has 0 saturated carbocycles. The third-order valence-electron chi connectivity index (χ3n) is 2.63. The minimum absolute atomic E-state index is 0.147. The Labute approximate surface area is 116 Å². The number of benzene rings is 1. The fourth-order valence-electron chi connectivity index (χ4n) is 1.72. The molecule has 1 heterocycles. The summed E-state index contributed by atoms with van der Waals surface area (Å²) in [5, 5.41) is 5.61. The Kier molecular flexibility index (Phi) is 4.01. The largest absolute Gasteiger partial charge is 0.399 e. The average Bonchev–Trinajstić information content (AvgIpc) is 2.88. The number of hydrogen-bond donors (Lipinski definition) is 2. The molecule has 0 unspecified atom stereocenters. The van der Waals surface area contributed by atoms with E-state index in [9.17, 15) is 4.79 Å². The normalized spacial score (nSPS) is 10.2. The van der Waals surface area contributed by atoms with E-state index >= 15 is 0 Å². The second-order valence-corrected chi connectivity index (χ2v) is 5.26. The van der Waals surface area contributed by atoms with E-state index in [1.807, 2.05) is 30.4 Å². The zero-order valence-electron chi connectivity index (χ0n) is 10.9. The second-order valence-electron chi connectivity index (χ2n) is 4.28. The third kappa shape index (κ3) is 3.23. The maximum atomic E-state index is 12.2. The van der Waals surface area contributed by atoms with Crippen molar-refractivity contribution in [2.24, 2.45) is 0 Å². The lowest BCUT2D eigenvalue weighted by molar-refractivity contribution is 0.0951. The van der Waals surface area contributed by atoms with Gasteiger partial charge in [0.2, 0.25) is 0 Å². The molecule has 0 bridgehead atoms. The van der Waals surface area contributed by atoms with Gasteiger partial charge in [0.25, 0.3) is 5.91 Å². The molecule has 2 aromatic rings. The average molecular weight is 276 g/mol. The third-order valence-corrected chi connectivity index (χ3v) is 3.41. The highest BCUT2D eigenvalue weighted by Crippen LogP contribution is 2.21. The van der Waals surface area contributed by atoms with Gasteiger partial charge in [-0.05, 0) is 18.2 Å². The summed E-state index contributed by atoms with van der Waals surface area (Å²) >= 11 is 1.51. The Morgan fingerprint density at radius 3 is 2.89 bits per heavy atom. The van der Waals surface area contributed by atoms with E-state index in [-0.39, 0.29) is 5.91 Å². The quantitative estimate of drug-likeness (QED) is 0.834. The number of nitrogen functional groups attached to an aromatic ring is 1. The molecule has 19 heavy (non-hydrogen) atoms. The number of thiazole rings is 1. The van der Waals surface area contributed by atoms with E-state index in [0.717, 1.165) is 10.7 Å². The number of nitrogens with one attached hydrogen (secondary N) is 1. The highest BCUT2D eigenvalue weighted by Gasteiger charge is 2.13. The SMILES string of the molecule is CN(C)c1ccc(N)cc1C(=O)NCc1nccs1. The van der Waals surface area contributed by atoms with Crippen molar-refractivity contribution in [3.8, 4) is 0 Å². The molecule has 5 nitrogen and oxygen atoms in total. The number of aromatic nitrogens is 1. The van der Waals surface area contributed by atoms with Gasteiger partial charge >= 0.3 is 0 Å². The van der Waals surface area contributed by atoms with Crippen LogP contribution in [0.1, 0.15) is 15.4 Å². The smallest absolute Gasteiger partial charge is 0.253 e. The van der Waals surface area contributed by atoms with E-state index in [2.05, 4.69) is 10.3 Å². The molecule has 0 atom stereocenters. The number of anilines is 2. The van der Waals surface area contributed by atoms with Gasteiger partial charge in [-0.2, -0.15) is 0 Å². The lowest BCUT2D eigenvalue weighted by Gasteiger charge is -2.17. The minimum Gasteiger partial charge on any atom is -0.399 e. The van der Waals surface area contributed by atoms with Crippen LogP contribution in [0.15, 0.2) is 29.8 Å². The van der Waals surface area contributed by atoms with Gasteiger partial charge in [-0.1, -0.05) is 0 Å². The monoisotopic (exact) mass is 276 g/mol. The maximum absolute atomic E-state index is 12.2. The van der Waals surface area contributed by atoms with Gasteiger partial charge in [0.15, 0.2) is 0 Å². The molecule has 0 radical (unpaired) electrons. The van der Waals surface area contributed by atoms with Crippen LogP contribution < -0.4 is 16.0 Å². The van der Waals surface area contributed by atoms with Gasteiger partial charge in [-0.3, -0.25) is 4.79 Å². The Morgan fingerprint density at radius 2 is 2.26 bits per heavy atom. The molecule has 1 amide bonds. The van der Waals surface area contributed by atoms with Gasteiger partial charge in [-0.15, -0.1) is 11.3 Å². The first-order chi connectivity index (χ1) is 9.08. The number of amides is 1. The van der Waals surface area contributed by atoms with Crippen molar-refractivity contribution in [2.75, 3.05) is 24.7 Å². The van der Waals surface area contributed by atoms with Gasteiger partial charge in [0, 0.05) is 37.0 Å². The molecule has 0 saturated heterocycles. The van der Waals surface area contributed by atoms with Crippen molar-refractivity contribution in [3.05, 3.63) is 40.3 Å². The van der Waals surface area contributed by atoms with Gasteiger partial charge in [0.1, 0.15) is 5.01 Å². The van der Waals surface area contributed by atoms with Crippen LogP contribution in [-0.4, -0.2) is 25.0 Å². The van der Waals surface area contributed by atoms with Crippen LogP contribution in [-0.2, 0) is 6.54 Å². The van der Waals surface area contributed by atoms with Crippen molar-refractivity contribution in [1.82, 2.24) is 10.3 Å². The lowest BCUT2D eigenvalue weighted by atomic mass is 10.1. The van der Waals surface area contributed by atoms with Gasteiger partial charge < -0.3 is 16.0 Å². The fourth-order valence-corrected chi connectivity index (χ4v) is 2.27. The van der Waals surface area contributed by atoms with Crippen LogP contribution >= 0.6 is 11.3 Å². The molecule has 0 aliphatic rings. The molecule has 0 aliphatic carbocycles. The Balaban J connectivity index is 2.16. The van der Waals surface area contributed by atoms with E-state index < -0.39 is 0 Å². The molecule has 3 N–H and O–H groups in total. The predicted octanol–water partition coefficient (Wildman–Crippen LogP) is 1.72. The van der Waals surface area contributed by atoms with Gasteiger partial charge in [-0.25, -0.2) is 4.98 Å². The van der Waals surface area contributed by atoms with E-state index in [1.165, 1.54) is 11.3 Å². The second kappa shape index (κ2) is 5.71. The van der Waals surface area contributed by atoms with Crippen LogP contribution in [0.5, 0.6) is 0 Å². The van der Waals surface area contributed by atoms with E-state index in [1.54, 1.807) is 18.3 Å². The van der Waals surface area contributed by atoms with Crippen LogP contribution in [0, 0.1) is 0 Å². The summed E-state index contributed by atoms with van der Waals surface area (Å²) in [5.74, 6) is -0.147. The summed E-state index contributed by atoms with van der Waals surface area (Å²) < 4.78 is 0. The van der Waals surface area contributed by atoms with Crippen LogP contribution in [0.3, 0.4) is 0 Å². The highest BCUT2D eigenvalue weighted by atomic mass is 32.1. The maximum Gasteiger partial charge on any atom is 0.253 e. The van der Waals surface area contributed by atoms with Gasteiger partial charge in [0.05, 0.1) is 12.1 Å². The number of nitrogens with two attached hydrogens (primary N) is 1. The molecule has 0 fully saturated rings. The van der Waals surface area contributed by atoms with E-state index in [4.69, 9.17) is 5.73 Å². The molecule has 0 spiro atoms. The van der Waals surface area contributed by atoms with Crippen LogP contribution in [0.2, 0.25) is 0 Å². The summed E-state index contributed by atoms with van der Waals surface area (Å²) in [7, 11) is 3.78. The summed E-state index contributed by atoms with van der Waals surface area (Å²) in [6, 6.07) is 5.31. The number of carbonyl (C=O) groups is 1. The first-order valence-electron chi connectivity index (χ1n) is 5.81. The first kappa shape index (κ1) is 13.4. The number of nitrogens with zero attached hydrogens (tertiary/aromatic N) is 2. The predicted molar refractivity (Wildman–Crippen MR) is 78.5 cm³/mol. The number of hydrogen-bond acceptors (Lipinski definition) is 5. The summed E-state index contributed by atoms with van der Waals surface area (Å²) in [6.07, 6.45) is 1.72. The zero-order chi connectivity index (χ0) is 13.8. The Hall–Kier alpha value is -2.08. The molecule has 0 aliphatic heterocycles. The highest BCUT2D eigenvalue weighted by molar-refractivity contribution is 7.09. The van der Waals surface area contributed by atoms with Crippen LogP contribution in [0.4, 0.5) is 11.4 Å². The molecule has 1 aromatic carbocycles. The lowest BCUT2D eigenvalue weighted by Crippen LogP contribution is -2.25. The molecule has 1 aromatic heterocycles. The fraction of sp³-hybridized carbons (Fsp3) is 0.231. The summed E-state index contributed by atoms with van der Waals surface area (Å²) in [6.45, 7) is 0.429. The van der Waals surface area contributed by atoms with Crippen molar-refractivity contribution in [2.45, 2.75) is 6.54 Å². The molecule has 2 rings (SSSR count). The molecule has 6 heteroatoms. The van der Waals surface area contributed by atoms with Crippen molar-refractivity contribution < 1.29 is 4.79 Å². The van der Waals surface area contributed by atoms with Crippen molar-refractivity contribution in [3.63, 3.8) is 0 Å². The Bertz CT molecular complexity index is 566. The summed E-state index contributed by atoms with van der Waals surface area (Å²) in [4.78, 5) is 18.2. The summed E-state index contributed by atoms with van der Waals surface area (Å²) in [5.41, 5.74) is 7.73. The molecular weight excluding hydrogens is 260 g/mol. The molecule has 100 valence electrons. The first-order valence-corrected chi connectivity index (χ1v) is 6.69. The van der Waals surface area contributed by atoms with E-state index in [0.29, 0.717) is 17.8 Å². The van der Waals surface area contributed by atoms with Crippen molar-refractivity contribution in [1.29, 1.82) is 0 Å². The Morgan fingerprint density at radius 1 is 1.47 bits per heavy atom. The molecular formula is C13H16N4OS. The number of carbonyl (C=O) groups excluding carboxylic acids is 1. The minimum atomic E-state index is -0.147. The standard InChI is InChI=1S/C13H16N4OS/c1-17(2)11-4-3-9(14)7-10(11)13(18)16-8-12-15-5-6-19-12/h3-7H,8,14H2,1-2H3,(H,16,18). The number of rotatable bonds is 4. The van der Waals surface area contributed by atoms with Crippen LogP contribution in [0.25, 0.3) is 0 Å². The topological polar surface area (TPSA) is 71.2 Å². The van der Waals surface area contributed by atoms with Crippen molar-refractivity contribution >= 4 is 28.6 Å².